The van der Waals surface area contributed by atoms with E-state index in [1.165, 1.54) is 5.56 Å². The second-order valence-electron chi connectivity index (χ2n) is 5.32. The van der Waals surface area contributed by atoms with E-state index in [9.17, 15) is 0 Å². The number of nitrogens with one attached hydrogen (secondary N) is 1. The number of likely N-dealkylation sites (N-methyl/N-ethyl adjacent to an activating group) is 1. The van der Waals surface area contributed by atoms with Gasteiger partial charge in [0, 0.05) is 25.3 Å². The maximum Gasteiger partial charge on any atom is 0.122 e. The first-order valence-electron chi connectivity index (χ1n) is 6.68. The third kappa shape index (κ3) is 6.36. The minimum Gasteiger partial charge on any atom is -0.384 e. The largest absolute Gasteiger partial charge is 0.384 e. The summed E-state index contributed by atoms with van der Waals surface area (Å²) in [6.07, 6.45) is 0. The summed E-state index contributed by atoms with van der Waals surface area (Å²) in [4.78, 5) is 2.21. The van der Waals surface area contributed by atoms with Crippen molar-refractivity contribution in [3.63, 3.8) is 0 Å². The van der Waals surface area contributed by atoms with Crippen LogP contribution in [0.25, 0.3) is 0 Å². The molecule has 0 atom stereocenters. The molecule has 0 aliphatic carbocycles. The maximum atomic E-state index is 7.43. The van der Waals surface area contributed by atoms with Crippen LogP contribution >= 0.6 is 0 Å². The van der Waals surface area contributed by atoms with E-state index < -0.39 is 0 Å². The molecule has 0 aliphatic heterocycles. The van der Waals surface area contributed by atoms with Crippen molar-refractivity contribution in [2.45, 2.75) is 20.4 Å². The van der Waals surface area contributed by atoms with Gasteiger partial charge in [-0.05, 0) is 24.6 Å². The van der Waals surface area contributed by atoms with Crippen molar-refractivity contribution in [3.8, 4) is 0 Å². The Balaban J connectivity index is 2.37. The number of amidine groups is 1. The summed E-state index contributed by atoms with van der Waals surface area (Å²) in [6.45, 7) is 7.60. The number of ether oxygens (including phenoxy) is 1. The van der Waals surface area contributed by atoms with Gasteiger partial charge in [0.2, 0.25) is 0 Å². The zero-order valence-corrected chi connectivity index (χ0v) is 12.1. The molecule has 4 heteroatoms. The summed E-state index contributed by atoms with van der Waals surface area (Å²) in [5.41, 5.74) is 7.44. The van der Waals surface area contributed by atoms with E-state index in [0.717, 1.165) is 31.9 Å². The Morgan fingerprint density at radius 3 is 2.79 bits per heavy atom. The van der Waals surface area contributed by atoms with Crippen LogP contribution in [0.5, 0.6) is 0 Å². The molecular formula is C15H25N3O. The van der Waals surface area contributed by atoms with Gasteiger partial charge in [-0.3, -0.25) is 10.3 Å². The monoisotopic (exact) mass is 263 g/mol. The van der Waals surface area contributed by atoms with Gasteiger partial charge < -0.3 is 10.5 Å². The normalized spacial score (nSPS) is 11.2. The first kappa shape index (κ1) is 15.7. The molecule has 0 radical (unpaired) electrons. The molecule has 0 fully saturated rings. The molecule has 1 aromatic rings. The zero-order chi connectivity index (χ0) is 14.3. The number of nitrogen functional groups attached to an aromatic ring is 1. The summed E-state index contributed by atoms with van der Waals surface area (Å²) in [6, 6.07) is 7.82. The highest BCUT2D eigenvalue weighted by Crippen LogP contribution is 2.07. The zero-order valence-electron chi connectivity index (χ0n) is 12.1. The molecule has 0 amide bonds. The predicted molar refractivity (Wildman–Crippen MR) is 79.4 cm³/mol. The molecule has 0 aliphatic rings. The molecule has 1 aromatic carbocycles. The summed E-state index contributed by atoms with van der Waals surface area (Å²) < 4.78 is 5.57. The van der Waals surface area contributed by atoms with E-state index in [4.69, 9.17) is 15.9 Å². The SMILES string of the molecule is CC(C)COCCN(C)Cc1cccc(C(=N)N)c1. The lowest BCUT2D eigenvalue weighted by atomic mass is 10.1. The molecule has 0 aromatic heterocycles. The van der Waals surface area contributed by atoms with Crippen LogP contribution in [0.4, 0.5) is 0 Å². The van der Waals surface area contributed by atoms with Gasteiger partial charge in [-0.15, -0.1) is 0 Å². The third-order valence-corrected chi connectivity index (χ3v) is 2.76. The minimum absolute atomic E-state index is 0.116. The van der Waals surface area contributed by atoms with Crippen molar-refractivity contribution in [2.24, 2.45) is 11.7 Å². The van der Waals surface area contributed by atoms with E-state index in [2.05, 4.69) is 31.9 Å². The number of nitrogens with zero attached hydrogens (tertiary/aromatic N) is 1. The first-order chi connectivity index (χ1) is 8.99. The van der Waals surface area contributed by atoms with Gasteiger partial charge in [0.15, 0.2) is 0 Å². The summed E-state index contributed by atoms with van der Waals surface area (Å²) in [5.74, 6) is 0.697. The average Bonchev–Trinajstić information content (AvgIpc) is 2.34. The van der Waals surface area contributed by atoms with Gasteiger partial charge in [0.1, 0.15) is 5.84 Å². The van der Waals surface area contributed by atoms with Crippen LogP contribution < -0.4 is 5.73 Å². The highest BCUT2D eigenvalue weighted by atomic mass is 16.5. The molecule has 0 unspecified atom stereocenters. The van der Waals surface area contributed by atoms with E-state index in [1.54, 1.807) is 0 Å². The second-order valence-corrected chi connectivity index (χ2v) is 5.32. The molecule has 0 bridgehead atoms. The van der Waals surface area contributed by atoms with Crippen molar-refractivity contribution in [1.29, 1.82) is 5.41 Å². The molecule has 0 heterocycles. The van der Waals surface area contributed by atoms with Gasteiger partial charge in [-0.2, -0.15) is 0 Å². The number of rotatable bonds is 8. The molecule has 3 N–H and O–H groups in total. The van der Waals surface area contributed by atoms with Gasteiger partial charge in [-0.25, -0.2) is 0 Å². The smallest absolute Gasteiger partial charge is 0.122 e. The van der Waals surface area contributed by atoms with Crippen LogP contribution in [0.3, 0.4) is 0 Å². The lowest BCUT2D eigenvalue weighted by Crippen LogP contribution is -2.23. The first-order valence-corrected chi connectivity index (χ1v) is 6.68. The van der Waals surface area contributed by atoms with Crippen LogP contribution in [-0.4, -0.2) is 37.5 Å². The van der Waals surface area contributed by atoms with Crippen LogP contribution in [0.1, 0.15) is 25.0 Å². The molecule has 19 heavy (non-hydrogen) atoms. The Bertz CT molecular complexity index is 404. The van der Waals surface area contributed by atoms with Crippen LogP contribution in [0.2, 0.25) is 0 Å². The summed E-state index contributed by atoms with van der Waals surface area (Å²) in [7, 11) is 2.07. The Morgan fingerprint density at radius 2 is 2.16 bits per heavy atom. The van der Waals surface area contributed by atoms with E-state index in [-0.39, 0.29) is 5.84 Å². The maximum absolute atomic E-state index is 7.43. The van der Waals surface area contributed by atoms with Crippen LogP contribution in [0, 0.1) is 11.3 Å². The molecule has 106 valence electrons. The fraction of sp³-hybridized carbons (Fsp3) is 0.533. The van der Waals surface area contributed by atoms with Crippen molar-refractivity contribution in [1.82, 2.24) is 4.90 Å². The molecular weight excluding hydrogens is 238 g/mol. The Morgan fingerprint density at radius 1 is 1.42 bits per heavy atom. The number of hydrogen-bond acceptors (Lipinski definition) is 3. The van der Waals surface area contributed by atoms with E-state index in [0.29, 0.717) is 5.92 Å². The fourth-order valence-corrected chi connectivity index (χ4v) is 1.77. The number of benzene rings is 1. The lowest BCUT2D eigenvalue weighted by molar-refractivity contribution is 0.0901. The number of hydrogen-bond donors (Lipinski definition) is 2. The molecule has 1 rings (SSSR count). The minimum atomic E-state index is 0.116. The predicted octanol–water partition coefficient (Wildman–Crippen LogP) is 2.08. The van der Waals surface area contributed by atoms with Crippen molar-refractivity contribution < 1.29 is 4.74 Å². The van der Waals surface area contributed by atoms with Crippen molar-refractivity contribution >= 4 is 5.84 Å². The Hall–Kier alpha value is -1.39. The van der Waals surface area contributed by atoms with Gasteiger partial charge >= 0.3 is 0 Å². The quantitative estimate of drug-likeness (QED) is 0.429. The van der Waals surface area contributed by atoms with Gasteiger partial charge in [0.05, 0.1) is 6.61 Å². The summed E-state index contributed by atoms with van der Waals surface area (Å²) in [5, 5.41) is 7.43. The number of nitrogens with two attached hydrogens (primary N) is 1. The second kappa shape index (κ2) is 7.92. The highest BCUT2D eigenvalue weighted by molar-refractivity contribution is 5.95. The van der Waals surface area contributed by atoms with Crippen LogP contribution in [-0.2, 0) is 11.3 Å². The highest BCUT2D eigenvalue weighted by Gasteiger charge is 2.03. The molecule has 0 spiro atoms. The molecule has 0 saturated carbocycles. The van der Waals surface area contributed by atoms with Crippen molar-refractivity contribution in [2.75, 3.05) is 26.8 Å². The summed E-state index contributed by atoms with van der Waals surface area (Å²) >= 11 is 0. The molecule has 4 nitrogen and oxygen atoms in total. The lowest BCUT2D eigenvalue weighted by Gasteiger charge is -2.17. The Labute approximate surface area is 116 Å². The Kier molecular flexibility index (Phi) is 6.53. The van der Waals surface area contributed by atoms with Gasteiger partial charge in [-0.1, -0.05) is 32.0 Å². The van der Waals surface area contributed by atoms with E-state index >= 15 is 0 Å². The van der Waals surface area contributed by atoms with E-state index in [1.807, 2.05) is 18.2 Å². The topological polar surface area (TPSA) is 62.3 Å². The standard InChI is InChI=1S/C15H25N3O/c1-12(2)11-19-8-7-18(3)10-13-5-4-6-14(9-13)15(16)17/h4-6,9,12H,7-8,10-11H2,1-3H3,(H3,16,17). The third-order valence-electron chi connectivity index (χ3n) is 2.76. The van der Waals surface area contributed by atoms with Crippen LogP contribution in [0.15, 0.2) is 24.3 Å². The van der Waals surface area contributed by atoms with Gasteiger partial charge in [0.25, 0.3) is 0 Å². The van der Waals surface area contributed by atoms with Crippen molar-refractivity contribution in [3.05, 3.63) is 35.4 Å². The fourth-order valence-electron chi connectivity index (χ4n) is 1.77. The average molecular weight is 263 g/mol. The molecule has 0 saturated heterocycles.